The van der Waals surface area contributed by atoms with Crippen molar-refractivity contribution < 1.29 is 31.1 Å². The van der Waals surface area contributed by atoms with Gasteiger partial charge in [0.25, 0.3) is 0 Å². The predicted molar refractivity (Wildman–Crippen MR) is 97.4 cm³/mol. The van der Waals surface area contributed by atoms with E-state index < -0.39 is 40.7 Å². The Bertz CT molecular complexity index is 1080. The number of benzene rings is 3. The quantitative estimate of drug-likeness (QED) is 0.293. The summed E-state index contributed by atoms with van der Waals surface area (Å²) >= 11 is 12.2. The minimum atomic E-state index is -4.30. The molecule has 0 unspecified atom stereocenters. The molecule has 29 heavy (non-hydrogen) atoms. The Morgan fingerprint density at radius 3 is 2.00 bits per heavy atom. The largest absolute Gasteiger partial charge is 0.429 e. The number of alkyl halides is 2. The van der Waals surface area contributed by atoms with Gasteiger partial charge in [-0.15, -0.1) is 0 Å². The van der Waals surface area contributed by atoms with Crippen LogP contribution in [0.2, 0.25) is 10.0 Å². The van der Waals surface area contributed by atoms with Crippen LogP contribution in [0, 0.1) is 30.2 Å². The lowest BCUT2D eigenvalue weighted by Crippen LogP contribution is -2.23. The molecule has 3 rings (SSSR count). The number of aryl methyl sites for hydroxylation is 1. The van der Waals surface area contributed by atoms with Crippen molar-refractivity contribution >= 4 is 23.2 Å². The first-order chi connectivity index (χ1) is 13.5. The third-order valence-corrected chi connectivity index (χ3v) is 5.05. The molecule has 3 aromatic carbocycles. The monoisotopic (exact) mass is 450 g/mol. The summed E-state index contributed by atoms with van der Waals surface area (Å²) in [6, 6.07) is 6.34. The van der Waals surface area contributed by atoms with E-state index in [1.165, 1.54) is 0 Å². The first-order valence-corrected chi connectivity index (χ1v) is 8.73. The van der Waals surface area contributed by atoms with Crippen molar-refractivity contribution in [3.63, 3.8) is 0 Å². The lowest BCUT2D eigenvalue weighted by molar-refractivity contribution is -0.187. The van der Waals surface area contributed by atoms with Crippen molar-refractivity contribution in [3.8, 4) is 16.9 Å². The molecule has 0 aromatic heterocycles. The minimum absolute atomic E-state index is 0.124. The molecule has 0 saturated carbocycles. The summed E-state index contributed by atoms with van der Waals surface area (Å²) < 4.78 is 86.7. The summed E-state index contributed by atoms with van der Waals surface area (Å²) in [4.78, 5) is 0. The maximum absolute atomic E-state index is 14.4. The van der Waals surface area contributed by atoms with Crippen LogP contribution >= 0.6 is 23.2 Å². The smallest absolute Gasteiger partial charge is 0.429 e. The maximum Gasteiger partial charge on any atom is 0.429 e. The number of hydrogen-bond donors (Lipinski definition) is 0. The second kappa shape index (κ2) is 7.80. The highest BCUT2D eigenvalue weighted by Crippen LogP contribution is 2.39. The molecule has 0 spiro atoms. The van der Waals surface area contributed by atoms with Gasteiger partial charge in [0.15, 0.2) is 17.5 Å². The zero-order valence-electron chi connectivity index (χ0n) is 14.5. The number of ether oxygens (including phenoxy) is 1. The first-order valence-electron chi connectivity index (χ1n) is 7.97. The van der Waals surface area contributed by atoms with Gasteiger partial charge in [-0.05, 0) is 30.2 Å². The van der Waals surface area contributed by atoms with Crippen molar-refractivity contribution in [2.45, 2.75) is 13.0 Å². The van der Waals surface area contributed by atoms with Crippen LogP contribution < -0.4 is 4.74 Å². The van der Waals surface area contributed by atoms with E-state index in [2.05, 4.69) is 4.74 Å². The van der Waals surface area contributed by atoms with Gasteiger partial charge in [-0.25, -0.2) is 17.6 Å². The molecule has 0 fully saturated rings. The maximum atomic E-state index is 14.4. The highest BCUT2D eigenvalue weighted by molar-refractivity contribution is 6.44. The third-order valence-electron chi connectivity index (χ3n) is 4.07. The average molecular weight is 451 g/mol. The predicted octanol–water partition coefficient (Wildman–Crippen LogP) is 7.65. The molecule has 0 heterocycles. The standard InChI is InChI=1S/C20H10Cl2F6O/c1-9-2-4-12(18(22)17(9)21)10-3-5-13(14(23)6-10)20(27,28)29-11-7-15(24)19(26)16(25)8-11/h2-8H,1H3. The molecular formula is C20H10Cl2F6O. The Morgan fingerprint density at radius 2 is 1.41 bits per heavy atom. The summed E-state index contributed by atoms with van der Waals surface area (Å²) in [6.07, 6.45) is -4.30. The fourth-order valence-corrected chi connectivity index (χ4v) is 3.07. The van der Waals surface area contributed by atoms with Crippen LogP contribution in [0.25, 0.3) is 11.1 Å². The van der Waals surface area contributed by atoms with Crippen LogP contribution in [-0.2, 0) is 6.11 Å². The molecule has 3 aromatic rings. The molecule has 0 N–H and O–H groups in total. The van der Waals surface area contributed by atoms with Gasteiger partial charge in [0.05, 0.1) is 15.6 Å². The van der Waals surface area contributed by atoms with E-state index in [0.717, 1.165) is 18.2 Å². The fourth-order valence-electron chi connectivity index (χ4n) is 2.58. The van der Waals surface area contributed by atoms with E-state index in [9.17, 15) is 26.3 Å². The molecule has 9 heteroatoms. The Labute approximate surface area is 171 Å². The number of hydrogen-bond acceptors (Lipinski definition) is 1. The summed E-state index contributed by atoms with van der Waals surface area (Å²) in [5.41, 5.74) is -0.0237. The molecule has 0 radical (unpaired) electrons. The van der Waals surface area contributed by atoms with E-state index in [4.69, 9.17) is 23.2 Å². The molecule has 0 amide bonds. The van der Waals surface area contributed by atoms with Gasteiger partial charge in [-0.2, -0.15) is 8.78 Å². The Morgan fingerprint density at radius 1 is 0.793 bits per heavy atom. The van der Waals surface area contributed by atoms with Gasteiger partial charge in [-0.1, -0.05) is 41.4 Å². The van der Waals surface area contributed by atoms with E-state index in [-0.39, 0.29) is 27.7 Å². The van der Waals surface area contributed by atoms with Gasteiger partial charge < -0.3 is 4.74 Å². The first kappa shape index (κ1) is 21.3. The number of rotatable bonds is 4. The van der Waals surface area contributed by atoms with Crippen LogP contribution in [0.15, 0.2) is 42.5 Å². The summed E-state index contributed by atoms with van der Waals surface area (Å²) in [6.45, 7) is 1.71. The van der Waals surface area contributed by atoms with Gasteiger partial charge in [0, 0.05) is 17.7 Å². The van der Waals surface area contributed by atoms with Crippen molar-refractivity contribution in [2.24, 2.45) is 0 Å². The second-order valence-electron chi connectivity index (χ2n) is 6.07. The highest BCUT2D eigenvalue weighted by Gasteiger charge is 2.38. The van der Waals surface area contributed by atoms with Crippen LogP contribution in [0.5, 0.6) is 5.75 Å². The van der Waals surface area contributed by atoms with Gasteiger partial charge >= 0.3 is 6.11 Å². The van der Waals surface area contributed by atoms with Crippen LogP contribution in [0.1, 0.15) is 11.1 Å². The molecule has 0 aliphatic rings. The lowest BCUT2D eigenvalue weighted by Gasteiger charge is -2.19. The molecule has 0 atom stereocenters. The van der Waals surface area contributed by atoms with Crippen LogP contribution in [-0.4, -0.2) is 0 Å². The highest BCUT2D eigenvalue weighted by atomic mass is 35.5. The molecule has 0 saturated heterocycles. The molecule has 0 aliphatic heterocycles. The molecule has 0 aliphatic carbocycles. The third kappa shape index (κ3) is 4.16. The van der Waals surface area contributed by atoms with E-state index in [1.807, 2.05) is 0 Å². The van der Waals surface area contributed by atoms with Gasteiger partial charge in [0.2, 0.25) is 0 Å². The van der Waals surface area contributed by atoms with E-state index in [0.29, 0.717) is 11.1 Å². The van der Waals surface area contributed by atoms with Crippen molar-refractivity contribution in [1.29, 1.82) is 0 Å². The topological polar surface area (TPSA) is 9.23 Å². The molecule has 1 nitrogen and oxygen atoms in total. The van der Waals surface area contributed by atoms with Crippen molar-refractivity contribution in [1.82, 2.24) is 0 Å². The summed E-state index contributed by atoms with van der Waals surface area (Å²) in [7, 11) is 0. The SMILES string of the molecule is Cc1ccc(-c2ccc(C(F)(F)Oc3cc(F)c(F)c(F)c3)c(F)c2)c(Cl)c1Cl. The van der Waals surface area contributed by atoms with Crippen LogP contribution in [0.4, 0.5) is 26.3 Å². The molecule has 0 bridgehead atoms. The van der Waals surface area contributed by atoms with E-state index in [1.54, 1.807) is 19.1 Å². The Kier molecular flexibility index (Phi) is 5.74. The van der Waals surface area contributed by atoms with Gasteiger partial charge in [-0.3, -0.25) is 0 Å². The number of halogens is 8. The molecule has 152 valence electrons. The minimum Gasteiger partial charge on any atom is -0.429 e. The average Bonchev–Trinajstić information content (AvgIpc) is 2.63. The lowest BCUT2D eigenvalue weighted by atomic mass is 10.0. The second-order valence-corrected chi connectivity index (χ2v) is 6.83. The van der Waals surface area contributed by atoms with Gasteiger partial charge in [0.1, 0.15) is 11.6 Å². The van der Waals surface area contributed by atoms with E-state index >= 15 is 0 Å². The molecular weight excluding hydrogens is 441 g/mol. The summed E-state index contributed by atoms with van der Waals surface area (Å²) in [5, 5.41) is 0.363. The van der Waals surface area contributed by atoms with Crippen molar-refractivity contribution in [3.05, 3.63) is 86.9 Å². The fraction of sp³-hybridized carbons (Fsp3) is 0.100. The zero-order valence-corrected chi connectivity index (χ0v) is 16.0. The van der Waals surface area contributed by atoms with Crippen LogP contribution in [0.3, 0.4) is 0 Å². The summed E-state index contributed by atoms with van der Waals surface area (Å²) in [5.74, 6) is -7.66. The van der Waals surface area contributed by atoms with Crippen molar-refractivity contribution in [2.75, 3.05) is 0 Å². The zero-order chi connectivity index (χ0) is 21.5. The Balaban J connectivity index is 1.96. The Hall–Kier alpha value is -2.38. The normalized spacial score (nSPS) is 11.6.